The molecule has 7 heteroatoms. The van der Waals surface area contributed by atoms with Crippen LogP contribution in [0.25, 0.3) is 0 Å². The first-order valence-corrected chi connectivity index (χ1v) is 6.54. The topological polar surface area (TPSA) is 108 Å². The average Bonchev–Trinajstić information content (AvgIpc) is 2.49. The number of carbonyl (C=O) groups is 1. The Kier molecular flexibility index (Phi) is 6.48. The molecule has 0 spiro atoms. The fourth-order valence-electron chi connectivity index (χ4n) is 1.84. The van der Waals surface area contributed by atoms with Crippen LogP contribution in [-0.4, -0.2) is 53.8 Å². The summed E-state index contributed by atoms with van der Waals surface area (Å²) >= 11 is 0. The number of methoxy groups -OCH3 is 1. The predicted octanol–water partition coefficient (Wildman–Crippen LogP) is 0.926. The van der Waals surface area contributed by atoms with Crippen molar-refractivity contribution >= 4 is 11.7 Å². The van der Waals surface area contributed by atoms with Gasteiger partial charge in [0.2, 0.25) is 0 Å². The van der Waals surface area contributed by atoms with Gasteiger partial charge in [-0.15, -0.1) is 0 Å². The Labute approximate surface area is 123 Å². The molecule has 0 atom stereocenters. The molecule has 0 aliphatic rings. The van der Waals surface area contributed by atoms with E-state index >= 15 is 0 Å². The van der Waals surface area contributed by atoms with Crippen LogP contribution < -0.4 is 5.73 Å². The second-order valence-electron chi connectivity index (χ2n) is 4.58. The number of nitrogens with zero attached hydrogens (tertiary/aromatic N) is 2. The Morgan fingerprint density at radius 3 is 2.76 bits per heavy atom. The molecule has 0 aliphatic carbocycles. The normalized spacial score (nSPS) is 11.4. The van der Waals surface area contributed by atoms with Gasteiger partial charge >= 0.3 is 0 Å². The van der Waals surface area contributed by atoms with E-state index in [0.29, 0.717) is 30.8 Å². The molecule has 0 aromatic heterocycles. The first-order valence-electron chi connectivity index (χ1n) is 6.54. The lowest BCUT2D eigenvalue weighted by Gasteiger charge is -2.23. The lowest BCUT2D eigenvalue weighted by atomic mass is 10.1. The van der Waals surface area contributed by atoms with E-state index in [4.69, 9.17) is 15.7 Å². The number of phenolic OH excluding ortho intramolecular Hbond substituents is 1. The molecule has 7 nitrogen and oxygen atoms in total. The Hall–Kier alpha value is -2.28. The number of amidine groups is 1. The smallest absolute Gasteiger partial charge is 0.254 e. The zero-order chi connectivity index (χ0) is 15.8. The first kappa shape index (κ1) is 16.8. The molecule has 1 amide bonds. The van der Waals surface area contributed by atoms with Crippen LogP contribution in [0.2, 0.25) is 0 Å². The third-order valence-electron chi connectivity index (χ3n) is 3.15. The van der Waals surface area contributed by atoms with E-state index in [1.54, 1.807) is 31.1 Å². The van der Waals surface area contributed by atoms with Gasteiger partial charge in [-0.05, 0) is 19.1 Å². The minimum atomic E-state index is -0.230. The number of amides is 1. The lowest BCUT2D eigenvalue weighted by Crippen LogP contribution is -2.36. The Morgan fingerprint density at radius 2 is 2.14 bits per heavy atom. The third kappa shape index (κ3) is 4.64. The average molecular weight is 295 g/mol. The minimum Gasteiger partial charge on any atom is -0.508 e. The fraction of sp³-hybridized carbons (Fsp3) is 0.429. The zero-order valence-electron chi connectivity index (χ0n) is 12.2. The summed E-state index contributed by atoms with van der Waals surface area (Å²) in [5.41, 5.74) is 6.38. The summed E-state index contributed by atoms with van der Waals surface area (Å²) < 4.78 is 4.99. The number of nitrogens with two attached hydrogens (primary N) is 1. The summed E-state index contributed by atoms with van der Waals surface area (Å²) in [6.45, 7) is 2.73. The van der Waals surface area contributed by atoms with Crippen molar-refractivity contribution in [3.05, 3.63) is 29.3 Å². The molecule has 1 rings (SSSR count). The highest BCUT2D eigenvalue weighted by molar-refractivity contribution is 5.96. The predicted molar refractivity (Wildman–Crippen MR) is 78.6 cm³/mol. The van der Waals surface area contributed by atoms with Crippen molar-refractivity contribution in [2.75, 3.05) is 26.8 Å². The van der Waals surface area contributed by atoms with Crippen LogP contribution in [0, 0.1) is 6.92 Å². The van der Waals surface area contributed by atoms with Gasteiger partial charge in [0.1, 0.15) is 11.6 Å². The number of ether oxygens (including phenoxy) is 1. The molecule has 4 N–H and O–H groups in total. The van der Waals surface area contributed by atoms with Crippen molar-refractivity contribution in [1.82, 2.24) is 4.90 Å². The van der Waals surface area contributed by atoms with E-state index in [1.165, 1.54) is 6.07 Å². The standard InChI is InChI=1S/C14H21N3O4/c1-10-11(4-3-5-12(10)18)14(19)17(8-9-21-2)7-6-13(15)16-20/h3-5,18,20H,6-9H2,1-2H3,(H2,15,16). The van der Waals surface area contributed by atoms with Crippen LogP contribution in [-0.2, 0) is 4.74 Å². The summed E-state index contributed by atoms with van der Waals surface area (Å²) in [6, 6.07) is 4.80. The minimum absolute atomic E-state index is 0.0536. The number of hydrogen-bond donors (Lipinski definition) is 3. The summed E-state index contributed by atoms with van der Waals surface area (Å²) in [5.74, 6) is -0.104. The van der Waals surface area contributed by atoms with Gasteiger partial charge in [-0.3, -0.25) is 4.79 Å². The van der Waals surface area contributed by atoms with Gasteiger partial charge in [-0.2, -0.15) is 0 Å². The monoisotopic (exact) mass is 295 g/mol. The third-order valence-corrected chi connectivity index (χ3v) is 3.15. The van der Waals surface area contributed by atoms with E-state index in [1.807, 2.05) is 0 Å². The van der Waals surface area contributed by atoms with Crippen molar-refractivity contribution in [3.8, 4) is 5.75 Å². The summed E-state index contributed by atoms with van der Waals surface area (Å²) in [7, 11) is 1.55. The maximum atomic E-state index is 12.5. The fourth-order valence-corrected chi connectivity index (χ4v) is 1.84. The number of aromatic hydroxyl groups is 1. The van der Waals surface area contributed by atoms with Crippen molar-refractivity contribution in [2.45, 2.75) is 13.3 Å². The molecule has 21 heavy (non-hydrogen) atoms. The van der Waals surface area contributed by atoms with Crippen LogP contribution in [0.4, 0.5) is 0 Å². The van der Waals surface area contributed by atoms with E-state index in [-0.39, 0.29) is 23.9 Å². The number of carbonyl (C=O) groups excluding carboxylic acids is 1. The summed E-state index contributed by atoms with van der Waals surface area (Å²) in [5, 5.41) is 21.1. The van der Waals surface area contributed by atoms with Crippen molar-refractivity contribution in [2.24, 2.45) is 10.9 Å². The second kappa shape index (κ2) is 8.11. The number of benzene rings is 1. The molecule has 0 unspecified atom stereocenters. The second-order valence-corrected chi connectivity index (χ2v) is 4.58. The first-order chi connectivity index (χ1) is 10.0. The van der Waals surface area contributed by atoms with Gasteiger partial charge in [0, 0.05) is 37.7 Å². The molecule has 0 saturated heterocycles. The van der Waals surface area contributed by atoms with Gasteiger partial charge in [-0.25, -0.2) is 0 Å². The molecule has 0 heterocycles. The van der Waals surface area contributed by atoms with Crippen LogP contribution in [0.3, 0.4) is 0 Å². The maximum Gasteiger partial charge on any atom is 0.254 e. The summed E-state index contributed by atoms with van der Waals surface area (Å²) in [4.78, 5) is 14.1. The number of hydrogen-bond acceptors (Lipinski definition) is 5. The zero-order valence-corrected chi connectivity index (χ0v) is 12.2. The molecule has 0 aliphatic heterocycles. The molecule has 0 bridgehead atoms. The van der Waals surface area contributed by atoms with Crippen molar-refractivity contribution in [3.63, 3.8) is 0 Å². The highest BCUT2D eigenvalue weighted by Crippen LogP contribution is 2.21. The largest absolute Gasteiger partial charge is 0.508 e. The van der Waals surface area contributed by atoms with Crippen LogP contribution in [0.5, 0.6) is 5.75 Å². The van der Waals surface area contributed by atoms with Crippen LogP contribution >= 0.6 is 0 Å². The number of phenols is 1. The van der Waals surface area contributed by atoms with E-state index in [2.05, 4.69) is 5.16 Å². The molecule has 0 saturated carbocycles. The summed E-state index contributed by atoms with van der Waals surface area (Å²) in [6.07, 6.45) is 0.254. The van der Waals surface area contributed by atoms with Crippen molar-refractivity contribution < 1.29 is 19.8 Å². The lowest BCUT2D eigenvalue weighted by molar-refractivity contribution is 0.0699. The van der Waals surface area contributed by atoms with Gasteiger partial charge in [0.15, 0.2) is 0 Å². The quantitative estimate of drug-likeness (QED) is 0.300. The number of oxime groups is 1. The molecule has 1 aromatic carbocycles. The highest BCUT2D eigenvalue weighted by atomic mass is 16.5. The van der Waals surface area contributed by atoms with Crippen LogP contribution in [0.15, 0.2) is 23.4 Å². The molecule has 0 radical (unpaired) electrons. The van der Waals surface area contributed by atoms with Gasteiger partial charge < -0.3 is 25.7 Å². The molecular weight excluding hydrogens is 274 g/mol. The van der Waals surface area contributed by atoms with E-state index < -0.39 is 0 Å². The van der Waals surface area contributed by atoms with Crippen LogP contribution in [0.1, 0.15) is 22.3 Å². The Balaban J connectivity index is 2.90. The van der Waals surface area contributed by atoms with E-state index in [9.17, 15) is 9.90 Å². The van der Waals surface area contributed by atoms with Gasteiger partial charge in [-0.1, -0.05) is 11.2 Å². The van der Waals surface area contributed by atoms with Gasteiger partial charge in [0.25, 0.3) is 5.91 Å². The van der Waals surface area contributed by atoms with Gasteiger partial charge in [0.05, 0.1) is 6.61 Å². The molecular formula is C14H21N3O4. The van der Waals surface area contributed by atoms with E-state index in [0.717, 1.165) is 0 Å². The molecule has 0 fully saturated rings. The van der Waals surface area contributed by atoms with Crippen molar-refractivity contribution in [1.29, 1.82) is 0 Å². The Morgan fingerprint density at radius 1 is 1.43 bits per heavy atom. The molecule has 116 valence electrons. The highest BCUT2D eigenvalue weighted by Gasteiger charge is 2.19. The maximum absolute atomic E-state index is 12.5. The molecule has 1 aromatic rings. The Bertz CT molecular complexity index is 517. The SMILES string of the molecule is COCCN(CC/C(N)=N/O)C(=O)c1cccc(O)c1C. The number of rotatable bonds is 7.